The lowest BCUT2D eigenvalue weighted by atomic mass is 9.77. The van der Waals surface area contributed by atoms with E-state index in [0.717, 1.165) is 16.7 Å². The Kier molecular flexibility index (Phi) is 7.34. The van der Waals surface area contributed by atoms with Crippen LogP contribution in [0.2, 0.25) is 0 Å². The molecule has 0 radical (unpaired) electrons. The molecule has 0 bridgehead atoms. The Morgan fingerprint density at radius 2 is 2.11 bits per heavy atom. The van der Waals surface area contributed by atoms with Gasteiger partial charge in [0.2, 0.25) is 0 Å². The van der Waals surface area contributed by atoms with Crippen LogP contribution in [0, 0.1) is 18.8 Å². The van der Waals surface area contributed by atoms with Crippen molar-refractivity contribution in [1.29, 1.82) is 0 Å². The molecule has 0 saturated heterocycles. The smallest absolute Gasteiger partial charge is 0.270 e. The molecular formula is C21H31BrN4OS. The second kappa shape index (κ2) is 9.55. The van der Waals surface area contributed by atoms with E-state index in [1.54, 1.807) is 4.68 Å². The number of thiophene rings is 1. The van der Waals surface area contributed by atoms with Crippen molar-refractivity contribution < 1.29 is 4.79 Å². The van der Waals surface area contributed by atoms with Crippen LogP contribution in [0.3, 0.4) is 0 Å². The van der Waals surface area contributed by atoms with Gasteiger partial charge in [0.15, 0.2) is 0 Å². The van der Waals surface area contributed by atoms with Gasteiger partial charge in [0.1, 0.15) is 5.69 Å². The van der Waals surface area contributed by atoms with Crippen LogP contribution in [0.15, 0.2) is 22.0 Å². The first-order valence-electron chi connectivity index (χ1n) is 10.1. The highest BCUT2D eigenvalue weighted by molar-refractivity contribution is 9.10. The van der Waals surface area contributed by atoms with Crippen molar-refractivity contribution in [3.05, 3.63) is 38.3 Å². The lowest BCUT2D eigenvalue weighted by Gasteiger charge is -2.37. The number of hydrogen-bond acceptors (Lipinski definition) is 4. The van der Waals surface area contributed by atoms with Crippen molar-refractivity contribution in [3.63, 3.8) is 0 Å². The van der Waals surface area contributed by atoms with Crippen molar-refractivity contribution in [3.8, 4) is 0 Å². The first kappa shape index (κ1) is 21.5. The lowest BCUT2D eigenvalue weighted by molar-refractivity contribution is 0.0923. The van der Waals surface area contributed by atoms with Gasteiger partial charge < -0.3 is 10.2 Å². The molecule has 0 aliphatic heterocycles. The molecule has 1 saturated carbocycles. The van der Waals surface area contributed by atoms with E-state index in [-0.39, 0.29) is 5.91 Å². The fraction of sp³-hybridized carbons (Fsp3) is 0.619. The summed E-state index contributed by atoms with van der Waals surface area (Å²) in [6, 6.07) is 4.92. The number of carbonyl (C=O) groups excluding carboxylic acids is 1. The van der Waals surface area contributed by atoms with E-state index in [9.17, 15) is 4.79 Å². The third kappa shape index (κ3) is 4.69. The molecule has 28 heavy (non-hydrogen) atoms. The second-order valence-corrected chi connectivity index (χ2v) is 9.75. The third-order valence-corrected chi connectivity index (χ3v) is 7.74. The van der Waals surface area contributed by atoms with E-state index in [2.05, 4.69) is 62.9 Å². The zero-order valence-electron chi connectivity index (χ0n) is 17.2. The van der Waals surface area contributed by atoms with Crippen molar-refractivity contribution >= 4 is 33.2 Å². The number of rotatable bonds is 7. The first-order valence-corrected chi connectivity index (χ1v) is 11.8. The maximum absolute atomic E-state index is 12.7. The predicted octanol–water partition coefficient (Wildman–Crippen LogP) is 4.87. The molecule has 0 aromatic carbocycles. The highest BCUT2D eigenvalue weighted by atomic mass is 79.9. The average molecular weight is 467 g/mol. The molecule has 1 aliphatic carbocycles. The van der Waals surface area contributed by atoms with Crippen LogP contribution < -0.4 is 5.32 Å². The topological polar surface area (TPSA) is 50.2 Å². The Labute approximate surface area is 180 Å². The zero-order chi connectivity index (χ0) is 20.3. The minimum absolute atomic E-state index is 0.0267. The molecular weight excluding hydrogens is 436 g/mol. The highest BCUT2D eigenvalue weighted by Crippen LogP contribution is 2.40. The number of aryl methyl sites for hydroxylation is 2. The maximum atomic E-state index is 12.7. The van der Waals surface area contributed by atoms with Gasteiger partial charge in [-0.25, -0.2) is 0 Å². The summed E-state index contributed by atoms with van der Waals surface area (Å²) < 4.78 is 2.58. The molecule has 1 amide bonds. The molecule has 0 spiro atoms. The first-order chi connectivity index (χ1) is 13.4. The van der Waals surface area contributed by atoms with Gasteiger partial charge in [-0.3, -0.25) is 9.48 Å². The largest absolute Gasteiger partial charge is 0.350 e. The molecule has 5 nitrogen and oxygen atoms in total. The van der Waals surface area contributed by atoms with E-state index in [0.29, 0.717) is 30.1 Å². The summed E-state index contributed by atoms with van der Waals surface area (Å²) in [5.74, 6) is 1.23. The van der Waals surface area contributed by atoms with Gasteiger partial charge in [-0.15, -0.1) is 11.3 Å². The number of hydrogen-bond donors (Lipinski definition) is 1. The van der Waals surface area contributed by atoms with E-state index in [4.69, 9.17) is 0 Å². The summed E-state index contributed by atoms with van der Waals surface area (Å²) >= 11 is 5.38. The summed E-state index contributed by atoms with van der Waals surface area (Å²) in [4.78, 5) is 16.5. The van der Waals surface area contributed by atoms with Crippen LogP contribution in [0.5, 0.6) is 0 Å². The minimum Gasteiger partial charge on any atom is -0.350 e. The average Bonchev–Trinajstić information content (AvgIpc) is 3.29. The summed E-state index contributed by atoms with van der Waals surface area (Å²) in [7, 11) is 4.38. The molecule has 2 aromatic rings. The molecule has 1 aliphatic rings. The van der Waals surface area contributed by atoms with Gasteiger partial charge in [-0.1, -0.05) is 6.07 Å². The molecule has 2 heterocycles. The second-order valence-electron chi connectivity index (χ2n) is 7.98. The third-order valence-electron chi connectivity index (χ3n) is 5.85. The Bertz CT molecular complexity index is 779. The van der Waals surface area contributed by atoms with Crippen molar-refractivity contribution in [2.75, 3.05) is 20.6 Å². The fourth-order valence-corrected chi connectivity index (χ4v) is 5.88. The standard InChI is InChI=1S/C21H31BrN4OS/c1-5-26-20(18(22)14(2)24-26)21(27)23-13-15-8-10-16(11-9-15)19(25(3)4)17-7-6-12-28-17/h6-7,12,15-16,19H,5,8-11,13H2,1-4H3,(H,23,27). The number of carbonyl (C=O) groups is 1. The molecule has 1 unspecified atom stereocenters. The van der Waals surface area contributed by atoms with E-state index in [1.807, 2.05) is 25.2 Å². The molecule has 2 aromatic heterocycles. The molecule has 3 rings (SSSR count). The highest BCUT2D eigenvalue weighted by Gasteiger charge is 2.31. The van der Waals surface area contributed by atoms with Gasteiger partial charge in [0.25, 0.3) is 5.91 Å². The van der Waals surface area contributed by atoms with Crippen LogP contribution in [0.4, 0.5) is 0 Å². The van der Waals surface area contributed by atoms with E-state index in [1.165, 1.54) is 30.6 Å². The normalized spacial score (nSPS) is 21.1. The lowest BCUT2D eigenvalue weighted by Crippen LogP contribution is -2.35. The quantitative estimate of drug-likeness (QED) is 0.632. The molecule has 7 heteroatoms. The number of nitrogens with one attached hydrogen (secondary N) is 1. The molecule has 1 atom stereocenters. The van der Waals surface area contributed by atoms with Crippen molar-refractivity contribution in [2.24, 2.45) is 11.8 Å². The maximum Gasteiger partial charge on any atom is 0.270 e. The predicted molar refractivity (Wildman–Crippen MR) is 119 cm³/mol. The van der Waals surface area contributed by atoms with Gasteiger partial charge in [0, 0.05) is 24.0 Å². The molecule has 154 valence electrons. The van der Waals surface area contributed by atoms with Gasteiger partial charge in [-0.05, 0) is 92.8 Å². The number of nitrogens with zero attached hydrogens (tertiary/aromatic N) is 3. The molecule has 1 fully saturated rings. The van der Waals surface area contributed by atoms with Gasteiger partial charge in [0.05, 0.1) is 10.2 Å². The number of halogens is 1. The monoisotopic (exact) mass is 466 g/mol. The van der Waals surface area contributed by atoms with Crippen LogP contribution >= 0.6 is 27.3 Å². The fourth-order valence-electron chi connectivity index (χ4n) is 4.40. The van der Waals surface area contributed by atoms with Crippen molar-refractivity contribution in [2.45, 2.75) is 52.1 Å². The van der Waals surface area contributed by atoms with Crippen molar-refractivity contribution in [1.82, 2.24) is 20.0 Å². The summed E-state index contributed by atoms with van der Waals surface area (Å²) in [5, 5.41) is 9.75. The summed E-state index contributed by atoms with van der Waals surface area (Å²) in [5.41, 5.74) is 1.50. The summed E-state index contributed by atoms with van der Waals surface area (Å²) in [6.07, 6.45) is 4.79. The van der Waals surface area contributed by atoms with Crippen LogP contribution in [0.1, 0.15) is 59.7 Å². The van der Waals surface area contributed by atoms with Crippen LogP contribution in [-0.4, -0.2) is 41.2 Å². The minimum atomic E-state index is -0.0267. The Hall–Kier alpha value is -1.18. The number of aromatic nitrogens is 2. The Morgan fingerprint density at radius 1 is 1.39 bits per heavy atom. The van der Waals surface area contributed by atoms with Crippen LogP contribution in [0.25, 0.3) is 0 Å². The van der Waals surface area contributed by atoms with E-state index < -0.39 is 0 Å². The van der Waals surface area contributed by atoms with Gasteiger partial charge in [-0.2, -0.15) is 5.10 Å². The SMILES string of the molecule is CCn1nc(C)c(Br)c1C(=O)NCC1CCC(C(c2cccs2)N(C)C)CC1. The Morgan fingerprint density at radius 3 is 2.68 bits per heavy atom. The van der Waals surface area contributed by atoms with Crippen LogP contribution in [-0.2, 0) is 6.54 Å². The van der Waals surface area contributed by atoms with E-state index >= 15 is 0 Å². The summed E-state index contributed by atoms with van der Waals surface area (Å²) in [6.45, 7) is 5.36. The number of amides is 1. The Balaban J connectivity index is 1.54. The zero-order valence-corrected chi connectivity index (χ0v) is 19.6. The van der Waals surface area contributed by atoms with Gasteiger partial charge >= 0.3 is 0 Å². The molecule has 1 N–H and O–H groups in total.